The van der Waals surface area contributed by atoms with Crippen LogP contribution in [-0.4, -0.2) is 24.4 Å². The topological polar surface area (TPSA) is 92.9 Å². The number of fused-ring (bicyclic) bond motifs is 1. The number of H-pyrrole nitrogens is 1. The molecule has 0 bridgehead atoms. The van der Waals surface area contributed by atoms with E-state index >= 15 is 8.78 Å². The number of hydrogen-bond acceptors (Lipinski definition) is 5. The standard InChI is InChI=1S/C24H25F3N4O3S/c1-10(2)8-31-23-20(22(33)30(5)24(31)34)19(17(35-23)6-13-11(3)28-29-12(13)4)18-16(26)7-15(25)14(9-32)21(18)27/h7,10,32H,6,8-9H2,1-5H3,(H,28,29). The summed E-state index contributed by atoms with van der Waals surface area (Å²) in [5.41, 5.74) is -0.411. The lowest BCUT2D eigenvalue weighted by Crippen LogP contribution is -2.38. The molecule has 3 aromatic heterocycles. The summed E-state index contributed by atoms with van der Waals surface area (Å²) in [6.45, 7) is 6.69. The van der Waals surface area contributed by atoms with Gasteiger partial charge in [-0.1, -0.05) is 13.8 Å². The lowest BCUT2D eigenvalue weighted by atomic mass is 9.96. The largest absolute Gasteiger partial charge is 0.391 e. The maximum absolute atomic E-state index is 15.5. The van der Waals surface area contributed by atoms with Crippen LogP contribution >= 0.6 is 11.3 Å². The molecule has 0 aliphatic carbocycles. The van der Waals surface area contributed by atoms with E-state index in [0.29, 0.717) is 16.6 Å². The first-order chi connectivity index (χ1) is 16.5. The zero-order valence-corrected chi connectivity index (χ0v) is 20.7. The molecule has 0 aliphatic heterocycles. The van der Waals surface area contributed by atoms with Crippen molar-refractivity contribution >= 4 is 21.6 Å². The number of thiophene rings is 1. The number of aliphatic hydroxyl groups is 1. The quantitative estimate of drug-likeness (QED) is 0.415. The van der Waals surface area contributed by atoms with Crippen molar-refractivity contribution in [3.05, 3.63) is 71.7 Å². The molecule has 0 saturated carbocycles. The van der Waals surface area contributed by atoms with Gasteiger partial charge in [0.15, 0.2) is 0 Å². The molecule has 2 N–H and O–H groups in total. The minimum atomic E-state index is -1.28. The van der Waals surface area contributed by atoms with E-state index in [9.17, 15) is 19.1 Å². The fourth-order valence-electron chi connectivity index (χ4n) is 4.29. The Morgan fingerprint density at radius 2 is 1.80 bits per heavy atom. The highest BCUT2D eigenvalue weighted by atomic mass is 32.1. The molecule has 4 rings (SSSR count). The van der Waals surface area contributed by atoms with E-state index < -0.39 is 46.4 Å². The number of rotatable bonds is 6. The fourth-order valence-corrected chi connectivity index (χ4v) is 5.60. The SMILES string of the molecule is Cc1n[nH]c(C)c1Cc1sc2c(c1-c1c(F)cc(F)c(CO)c1F)c(=O)n(C)c(=O)n2CC(C)C. The molecule has 0 amide bonds. The Morgan fingerprint density at radius 3 is 2.37 bits per heavy atom. The molecule has 35 heavy (non-hydrogen) atoms. The van der Waals surface area contributed by atoms with Crippen LogP contribution in [0, 0.1) is 37.2 Å². The second kappa shape index (κ2) is 9.12. The second-order valence-corrected chi connectivity index (χ2v) is 10.1. The zero-order chi connectivity index (χ0) is 25.8. The third-order valence-corrected chi connectivity index (χ3v) is 7.30. The van der Waals surface area contributed by atoms with E-state index in [1.54, 1.807) is 13.8 Å². The monoisotopic (exact) mass is 506 g/mol. The average Bonchev–Trinajstić information content (AvgIpc) is 3.30. The molecule has 0 radical (unpaired) electrons. The van der Waals surface area contributed by atoms with Crippen molar-refractivity contribution < 1.29 is 18.3 Å². The zero-order valence-electron chi connectivity index (χ0n) is 19.9. The van der Waals surface area contributed by atoms with Crippen molar-refractivity contribution in [2.24, 2.45) is 13.0 Å². The van der Waals surface area contributed by atoms with Crippen LogP contribution in [0.1, 0.15) is 41.2 Å². The van der Waals surface area contributed by atoms with Gasteiger partial charge in [-0.25, -0.2) is 18.0 Å². The first kappa shape index (κ1) is 24.9. The Bertz CT molecular complexity index is 1560. The highest BCUT2D eigenvalue weighted by molar-refractivity contribution is 7.19. The molecule has 1 aromatic carbocycles. The van der Waals surface area contributed by atoms with E-state index in [4.69, 9.17) is 0 Å². The third kappa shape index (κ3) is 4.02. The third-order valence-electron chi connectivity index (χ3n) is 6.08. The molecule has 0 saturated heterocycles. The van der Waals surface area contributed by atoms with E-state index in [0.717, 1.165) is 27.2 Å². The van der Waals surface area contributed by atoms with Crippen molar-refractivity contribution in [2.45, 2.75) is 47.3 Å². The predicted octanol–water partition coefficient (Wildman–Crippen LogP) is 3.93. The van der Waals surface area contributed by atoms with Crippen LogP contribution in [0.2, 0.25) is 0 Å². The van der Waals surface area contributed by atoms with Gasteiger partial charge in [-0.3, -0.25) is 19.0 Å². The molecular weight excluding hydrogens is 481 g/mol. The van der Waals surface area contributed by atoms with Gasteiger partial charge in [0.05, 0.1) is 23.3 Å². The normalized spacial score (nSPS) is 11.8. The number of nitrogens with zero attached hydrogens (tertiary/aromatic N) is 3. The summed E-state index contributed by atoms with van der Waals surface area (Å²) in [7, 11) is 1.31. The van der Waals surface area contributed by atoms with Crippen molar-refractivity contribution in [2.75, 3.05) is 0 Å². The molecule has 0 unspecified atom stereocenters. The van der Waals surface area contributed by atoms with Gasteiger partial charge in [-0.2, -0.15) is 5.10 Å². The van der Waals surface area contributed by atoms with Crippen molar-refractivity contribution in [1.82, 2.24) is 19.3 Å². The number of aromatic nitrogens is 4. The summed E-state index contributed by atoms with van der Waals surface area (Å²) in [5.74, 6) is -3.67. The van der Waals surface area contributed by atoms with E-state index in [2.05, 4.69) is 10.2 Å². The first-order valence-electron chi connectivity index (χ1n) is 11.0. The summed E-state index contributed by atoms with van der Waals surface area (Å²) in [6, 6.07) is 0.500. The molecule has 0 spiro atoms. The van der Waals surface area contributed by atoms with Crippen molar-refractivity contribution in [3.63, 3.8) is 0 Å². The van der Waals surface area contributed by atoms with E-state index in [1.807, 2.05) is 13.8 Å². The van der Waals surface area contributed by atoms with Crippen molar-refractivity contribution in [3.8, 4) is 11.1 Å². The smallest absolute Gasteiger partial charge is 0.331 e. The van der Waals surface area contributed by atoms with Gasteiger partial charge >= 0.3 is 5.69 Å². The maximum Gasteiger partial charge on any atom is 0.331 e. The van der Waals surface area contributed by atoms with E-state index in [1.165, 1.54) is 11.6 Å². The summed E-state index contributed by atoms with van der Waals surface area (Å²) in [6.07, 6.45) is 0.173. The van der Waals surface area contributed by atoms with Crippen LogP contribution in [0.4, 0.5) is 13.2 Å². The number of hydrogen-bond donors (Lipinski definition) is 2. The molecule has 0 fully saturated rings. The molecule has 7 nitrogen and oxygen atoms in total. The Morgan fingerprint density at radius 1 is 1.11 bits per heavy atom. The molecular formula is C24H25F3N4O3S. The van der Waals surface area contributed by atoms with Gasteiger partial charge in [0.2, 0.25) is 0 Å². The maximum atomic E-state index is 15.5. The van der Waals surface area contributed by atoms with Gasteiger partial charge in [-0.05, 0) is 19.8 Å². The Labute approximate surface area is 202 Å². The molecule has 3 heterocycles. The molecule has 0 aliphatic rings. The van der Waals surface area contributed by atoms with Gasteiger partial charge < -0.3 is 5.11 Å². The first-order valence-corrected chi connectivity index (χ1v) is 11.8. The highest BCUT2D eigenvalue weighted by Gasteiger charge is 2.29. The van der Waals surface area contributed by atoms with Crippen LogP contribution in [0.3, 0.4) is 0 Å². The van der Waals surface area contributed by atoms with Crippen LogP contribution < -0.4 is 11.2 Å². The van der Waals surface area contributed by atoms with Crippen molar-refractivity contribution in [1.29, 1.82) is 0 Å². The van der Waals surface area contributed by atoms with Crippen LogP contribution in [0.5, 0.6) is 0 Å². The molecule has 4 aromatic rings. The van der Waals surface area contributed by atoms with Crippen LogP contribution in [0.15, 0.2) is 15.7 Å². The Balaban J connectivity index is 2.20. The van der Waals surface area contributed by atoms with Crippen LogP contribution in [-0.2, 0) is 26.6 Å². The number of aryl methyl sites for hydroxylation is 2. The van der Waals surface area contributed by atoms with Gasteiger partial charge in [0.1, 0.15) is 22.3 Å². The summed E-state index contributed by atoms with van der Waals surface area (Å²) < 4.78 is 47.2. The molecule has 186 valence electrons. The molecule has 0 atom stereocenters. The lowest BCUT2D eigenvalue weighted by Gasteiger charge is -2.13. The highest BCUT2D eigenvalue weighted by Crippen LogP contribution is 2.42. The number of nitrogens with one attached hydrogen (secondary N) is 1. The number of aromatic amines is 1. The van der Waals surface area contributed by atoms with Gasteiger partial charge in [-0.15, -0.1) is 11.3 Å². The summed E-state index contributed by atoms with van der Waals surface area (Å²) in [4.78, 5) is 27.0. The number of benzene rings is 1. The van der Waals surface area contributed by atoms with Crippen LogP contribution in [0.25, 0.3) is 21.3 Å². The van der Waals surface area contributed by atoms with Gasteiger partial charge in [0, 0.05) is 53.3 Å². The Kier molecular flexibility index (Phi) is 6.50. The Hall–Kier alpha value is -3.18. The second-order valence-electron chi connectivity index (χ2n) is 8.99. The van der Waals surface area contributed by atoms with Gasteiger partial charge in [0.25, 0.3) is 5.56 Å². The lowest BCUT2D eigenvalue weighted by molar-refractivity contribution is 0.268. The number of aliphatic hydroxyl groups excluding tert-OH is 1. The minimum absolute atomic E-state index is 0.0279. The van der Waals surface area contributed by atoms with E-state index in [-0.39, 0.29) is 34.7 Å². The summed E-state index contributed by atoms with van der Waals surface area (Å²) >= 11 is 1.09. The number of halogens is 3. The molecule has 11 heteroatoms. The minimum Gasteiger partial charge on any atom is -0.391 e. The average molecular weight is 507 g/mol. The predicted molar refractivity (Wildman–Crippen MR) is 128 cm³/mol. The fraction of sp³-hybridized carbons (Fsp3) is 0.375. The summed E-state index contributed by atoms with van der Waals surface area (Å²) in [5, 5.41) is 16.5.